The summed E-state index contributed by atoms with van der Waals surface area (Å²) in [7, 11) is 1.25. The summed E-state index contributed by atoms with van der Waals surface area (Å²) in [5.41, 5.74) is -0.459. The lowest BCUT2D eigenvalue weighted by Crippen LogP contribution is -2.06. The predicted octanol–water partition coefficient (Wildman–Crippen LogP) is 5.58. The smallest absolute Gasteiger partial charge is 0.416 e. The number of halogens is 4. The van der Waals surface area contributed by atoms with E-state index in [1.54, 1.807) is 18.2 Å². The first-order chi connectivity index (χ1) is 13.8. The van der Waals surface area contributed by atoms with Crippen molar-refractivity contribution in [2.45, 2.75) is 6.18 Å². The molecule has 0 saturated heterocycles. The first-order valence-corrected chi connectivity index (χ1v) is 8.89. The van der Waals surface area contributed by atoms with E-state index < -0.39 is 17.7 Å². The molecule has 0 bridgehead atoms. The number of nitrogens with zero attached hydrogens (tertiary/aromatic N) is 2. The van der Waals surface area contributed by atoms with Crippen LogP contribution in [0.15, 0.2) is 59.2 Å². The van der Waals surface area contributed by atoms with Crippen LogP contribution in [0.25, 0.3) is 0 Å². The molecule has 0 aliphatic rings. The topological polar surface area (TPSA) is 73.3 Å². The Morgan fingerprint density at radius 3 is 2.62 bits per heavy atom. The quantitative estimate of drug-likeness (QED) is 0.493. The van der Waals surface area contributed by atoms with Gasteiger partial charge in [0.2, 0.25) is 11.8 Å². The van der Waals surface area contributed by atoms with E-state index >= 15 is 0 Å². The van der Waals surface area contributed by atoms with Crippen molar-refractivity contribution in [2.24, 2.45) is 0 Å². The Morgan fingerprint density at radius 1 is 1.14 bits per heavy atom. The first-order valence-electron chi connectivity index (χ1n) is 8.10. The van der Waals surface area contributed by atoms with Crippen molar-refractivity contribution in [3.8, 4) is 11.6 Å². The maximum Gasteiger partial charge on any atom is 0.416 e. The maximum absolute atomic E-state index is 12.9. The van der Waals surface area contributed by atoms with Gasteiger partial charge in [0, 0.05) is 5.69 Å². The number of aromatic nitrogens is 2. The molecule has 1 aromatic heterocycles. The third-order valence-electron chi connectivity index (χ3n) is 3.66. The maximum atomic E-state index is 12.9. The molecule has 0 aliphatic heterocycles. The molecule has 0 unspecified atom stereocenters. The van der Waals surface area contributed by atoms with Gasteiger partial charge in [-0.2, -0.15) is 18.2 Å². The molecule has 10 heteroatoms. The van der Waals surface area contributed by atoms with Gasteiger partial charge in [0.05, 0.1) is 23.3 Å². The minimum Gasteiger partial charge on any atom is -0.465 e. The van der Waals surface area contributed by atoms with E-state index in [1.165, 1.54) is 31.5 Å². The number of anilines is 2. The summed E-state index contributed by atoms with van der Waals surface area (Å²) in [4.78, 5) is 20.1. The highest BCUT2D eigenvalue weighted by Gasteiger charge is 2.30. The summed E-state index contributed by atoms with van der Waals surface area (Å²) in [5, 5.41) is 2.70. The van der Waals surface area contributed by atoms with Crippen LogP contribution in [0.3, 0.4) is 0 Å². The average molecular weight is 468 g/mol. The fourth-order valence-corrected chi connectivity index (χ4v) is 2.60. The molecule has 0 spiro atoms. The number of ether oxygens (including phenoxy) is 2. The van der Waals surface area contributed by atoms with Crippen LogP contribution in [-0.2, 0) is 10.9 Å². The lowest BCUT2D eigenvalue weighted by molar-refractivity contribution is -0.137. The van der Waals surface area contributed by atoms with E-state index in [0.717, 1.165) is 12.1 Å². The van der Waals surface area contributed by atoms with Gasteiger partial charge in [-0.1, -0.05) is 18.2 Å². The Labute approximate surface area is 171 Å². The number of alkyl halides is 3. The molecule has 1 heterocycles. The second-order valence-corrected chi connectivity index (χ2v) is 6.49. The van der Waals surface area contributed by atoms with Crippen LogP contribution < -0.4 is 10.1 Å². The summed E-state index contributed by atoms with van der Waals surface area (Å²) in [5.74, 6) is -0.319. The third-order valence-corrected chi connectivity index (χ3v) is 4.20. The van der Waals surface area contributed by atoms with Crippen LogP contribution in [0.4, 0.5) is 24.8 Å². The Bertz CT molecular complexity index is 1040. The number of para-hydroxylation sites is 1. The molecule has 29 heavy (non-hydrogen) atoms. The minimum atomic E-state index is -4.47. The van der Waals surface area contributed by atoms with E-state index in [-0.39, 0.29) is 28.8 Å². The van der Waals surface area contributed by atoms with Crippen molar-refractivity contribution < 1.29 is 27.4 Å². The number of hydrogen-bond donors (Lipinski definition) is 1. The SMILES string of the molecule is COC(=O)c1ccccc1Oc1nc(Nc2cccc(C(F)(F)F)c2)ncc1Br. The van der Waals surface area contributed by atoms with Gasteiger partial charge >= 0.3 is 12.1 Å². The molecular formula is C19H13BrF3N3O3. The largest absolute Gasteiger partial charge is 0.465 e. The first kappa shape index (κ1) is 20.6. The number of methoxy groups -OCH3 is 1. The molecule has 0 aliphatic carbocycles. The van der Waals surface area contributed by atoms with Gasteiger partial charge in [-0.3, -0.25) is 0 Å². The van der Waals surface area contributed by atoms with Crippen molar-refractivity contribution in [3.63, 3.8) is 0 Å². The van der Waals surface area contributed by atoms with Crippen LogP contribution in [0.1, 0.15) is 15.9 Å². The molecule has 0 saturated carbocycles. The zero-order valence-corrected chi connectivity index (χ0v) is 16.4. The van der Waals surface area contributed by atoms with Crippen molar-refractivity contribution in [3.05, 3.63) is 70.3 Å². The Morgan fingerprint density at radius 2 is 1.90 bits per heavy atom. The zero-order valence-electron chi connectivity index (χ0n) is 14.8. The van der Waals surface area contributed by atoms with Crippen LogP contribution in [-0.4, -0.2) is 23.0 Å². The van der Waals surface area contributed by atoms with Crippen molar-refractivity contribution >= 4 is 33.5 Å². The standard InChI is InChI=1S/C19H13BrF3N3O3/c1-28-17(27)13-7-2-3-8-15(13)29-16-14(20)10-24-18(26-16)25-12-6-4-5-11(9-12)19(21,22)23/h2-10H,1H3,(H,24,25,26). The van der Waals surface area contributed by atoms with Crippen LogP contribution >= 0.6 is 15.9 Å². The zero-order chi connectivity index (χ0) is 21.0. The average Bonchev–Trinajstić information content (AvgIpc) is 2.70. The molecule has 6 nitrogen and oxygen atoms in total. The minimum absolute atomic E-state index is 0.0121. The summed E-state index contributed by atoms with van der Waals surface area (Å²) in [6.45, 7) is 0. The molecule has 2 aromatic carbocycles. The van der Waals surface area contributed by atoms with Crippen molar-refractivity contribution in [2.75, 3.05) is 12.4 Å². The number of benzene rings is 2. The molecule has 0 atom stereocenters. The molecule has 1 N–H and O–H groups in total. The normalized spacial score (nSPS) is 11.1. The van der Waals surface area contributed by atoms with Gasteiger partial charge < -0.3 is 14.8 Å². The number of esters is 1. The van der Waals surface area contributed by atoms with E-state index in [2.05, 4.69) is 31.2 Å². The molecule has 150 valence electrons. The van der Waals surface area contributed by atoms with Crippen molar-refractivity contribution in [1.82, 2.24) is 9.97 Å². The van der Waals surface area contributed by atoms with Gasteiger partial charge in [0.15, 0.2) is 0 Å². The van der Waals surface area contributed by atoms with Crippen LogP contribution in [0.2, 0.25) is 0 Å². The monoisotopic (exact) mass is 467 g/mol. The summed E-state index contributed by atoms with van der Waals surface area (Å²) in [6.07, 6.45) is -3.09. The predicted molar refractivity (Wildman–Crippen MR) is 102 cm³/mol. The van der Waals surface area contributed by atoms with Gasteiger partial charge in [0.25, 0.3) is 0 Å². The van der Waals surface area contributed by atoms with E-state index in [9.17, 15) is 18.0 Å². The molecule has 0 amide bonds. The summed E-state index contributed by atoms with van der Waals surface area (Å²) >= 11 is 3.25. The third kappa shape index (κ3) is 5.02. The lowest BCUT2D eigenvalue weighted by Gasteiger charge is -2.12. The van der Waals surface area contributed by atoms with E-state index in [4.69, 9.17) is 9.47 Å². The van der Waals surface area contributed by atoms with Gasteiger partial charge in [-0.25, -0.2) is 9.78 Å². The number of rotatable bonds is 5. The van der Waals surface area contributed by atoms with E-state index in [1.807, 2.05) is 0 Å². The number of hydrogen-bond acceptors (Lipinski definition) is 6. The Balaban J connectivity index is 1.88. The lowest BCUT2D eigenvalue weighted by atomic mass is 10.2. The molecular weight excluding hydrogens is 455 g/mol. The fourth-order valence-electron chi connectivity index (χ4n) is 2.32. The highest BCUT2D eigenvalue weighted by molar-refractivity contribution is 9.10. The number of carbonyl (C=O) groups is 1. The molecule has 3 rings (SSSR count). The molecule has 0 radical (unpaired) electrons. The van der Waals surface area contributed by atoms with Crippen LogP contribution in [0, 0.1) is 0 Å². The number of carbonyl (C=O) groups excluding carboxylic acids is 1. The van der Waals surface area contributed by atoms with Crippen molar-refractivity contribution in [1.29, 1.82) is 0 Å². The molecule has 0 fully saturated rings. The Hall–Kier alpha value is -3.14. The van der Waals surface area contributed by atoms with Gasteiger partial charge in [-0.05, 0) is 46.3 Å². The highest BCUT2D eigenvalue weighted by Crippen LogP contribution is 2.33. The summed E-state index contributed by atoms with van der Waals surface area (Å²) < 4.78 is 49.4. The fraction of sp³-hybridized carbons (Fsp3) is 0.105. The highest BCUT2D eigenvalue weighted by atomic mass is 79.9. The summed E-state index contributed by atoms with van der Waals surface area (Å²) in [6, 6.07) is 11.0. The second-order valence-electron chi connectivity index (χ2n) is 5.64. The second kappa shape index (κ2) is 8.48. The Kier molecular flexibility index (Phi) is 6.02. The number of nitrogens with one attached hydrogen (secondary N) is 1. The van der Waals surface area contributed by atoms with Crippen LogP contribution in [0.5, 0.6) is 11.6 Å². The van der Waals surface area contributed by atoms with E-state index in [0.29, 0.717) is 4.47 Å². The van der Waals surface area contributed by atoms with Gasteiger partial charge in [0.1, 0.15) is 11.3 Å². The molecule has 3 aromatic rings. The van der Waals surface area contributed by atoms with Gasteiger partial charge in [-0.15, -0.1) is 0 Å².